The van der Waals surface area contributed by atoms with Gasteiger partial charge in [0.05, 0.1) is 0 Å². The SMILES string of the molecule is Cc1ccc(NC(=O)C(Sc2ccc(NC(=O)/C=C/c3ccccc3)cc2)c2ccccc2)cc1C. The summed E-state index contributed by atoms with van der Waals surface area (Å²) in [6.45, 7) is 4.08. The number of carbonyl (C=O) groups excluding carboxylic acids is 2. The topological polar surface area (TPSA) is 58.2 Å². The van der Waals surface area contributed by atoms with Crippen LogP contribution in [-0.2, 0) is 9.59 Å². The van der Waals surface area contributed by atoms with Gasteiger partial charge in [0, 0.05) is 22.3 Å². The van der Waals surface area contributed by atoms with Crippen molar-refractivity contribution in [1.82, 2.24) is 0 Å². The van der Waals surface area contributed by atoms with Crippen LogP contribution < -0.4 is 10.6 Å². The van der Waals surface area contributed by atoms with E-state index in [-0.39, 0.29) is 11.8 Å². The van der Waals surface area contributed by atoms with Crippen LogP contribution in [0.15, 0.2) is 114 Å². The molecule has 4 aromatic rings. The highest BCUT2D eigenvalue weighted by atomic mass is 32.2. The van der Waals surface area contributed by atoms with Crippen molar-refractivity contribution in [3.63, 3.8) is 0 Å². The molecule has 0 fully saturated rings. The fourth-order valence-electron chi connectivity index (χ4n) is 3.60. The molecule has 4 rings (SSSR count). The monoisotopic (exact) mass is 492 g/mol. The van der Waals surface area contributed by atoms with Gasteiger partial charge in [-0.25, -0.2) is 0 Å². The van der Waals surface area contributed by atoms with Crippen LogP contribution in [0.2, 0.25) is 0 Å². The maximum absolute atomic E-state index is 13.3. The third-order valence-electron chi connectivity index (χ3n) is 5.72. The molecule has 4 aromatic carbocycles. The Morgan fingerprint density at radius 1 is 0.722 bits per heavy atom. The predicted molar refractivity (Wildman–Crippen MR) is 150 cm³/mol. The van der Waals surface area contributed by atoms with Gasteiger partial charge in [0.15, 0.2) is 0 Å². The second-order valence-corrected chi connectivity index (χ2v) is 9.63. The van der Waals surface area contributed by atoms with Crippen molar-refractivity contribution in [2.75, 3.05) is 10.6 Å². The molecule has 0 aliphatic rings. The Morgan fingerprint density at radius 2 is 1.36 bits per heavy atom. The molecule has 0 saturated heterocycles. The Kier molecular flexibility index (Phi) is 8.37. The van der Waals surface area contributed by atoms with Crippen molar-refractivity contribution in [3.8, 4) is 0 Å². The highest BCUT2D eigenvalue weighted by Gasteiger charge is 2.22. The summed E-state index contributed by atoms with van der Waals surface area (Å²) in [5, 5.41) is 5.52. The van der Waals surface area contributed by atoms with Crippen LogP contribution in [0.25, 0.3) is 6.08 Å². The zero-order valence-electron chi connectivity index (χ0n) is 20.3. The maximum atomic E-state index is 13.3. The molecule has 180 valence electrons. The van der Waals surface area contributed by atoms with Gasteiger partial charge >= 0.3 is 0 Å². The van der Waals surface area contributed by atoms with Crippen molar-refractivity contribution in [2.24, 2.45) is 0 Å². The van der Waals surface area contributed by atoms with Crippen molar-refractivity contribution in [2.45, 2.75) is 24.0 Å². The molecular weight excluding hydrogens is 464 g/mol. The standard InChI is InChI=1S/C31H28N2O2S/c1-22-13-15-27(21-23(22)2)33-31(35)30(25-11-7-4-8-12-25)36-28-18-16-26(17-19-28)32-29(34)20-14-24-9-5-3-6-10-24/h3-21,30H,1-2H3,(H,32,34)(H,33,35)/b20-14+. The van der Waals surface area contributed by atoms with E-state index in [1.54, 1.807) is 6.08 Å². The number of aryl methyl sites for hydroxylation is 2. The molecular formula is C31H28N2O2S. The number of nitrogens with one attached hydrogen (secondary N) is 2. The van der Waals surface area contributed by atoms with Gasteiger partial charge < -0.3 is 10.6 Å². The Bertz CT molecular complexity index is 1350. The van der Waals surface area contributed by atoms with Crippen molar-refractivity contribution < 1.29 is 9.59 Å². The number of rotatable bonds is 8. The van der Waals surface area contributed by atoms with E-state index in [1.165, 1.54) is 23.4 Å². The molecule has 0 bridgehead atoms. The van der Waals surface area contributed by atoms with E-state index >= 15 is 0 Å². The second-order valence-electron chi connectivity index (χ2n) is 8.45. The highest BCUT2D eigenvalue weighted by Crippen LogP contribution is 2.36. The Balaban J connectivity index is 1.44. The van der Waals surface area contributed by atoms with Crippen LogP contribution in [0.5, 0.6) is 0 Å². The van der Waals surface area contributed by atoms with Gasteiger partial charge in [-0.1, -0.05) is 66.7 Å². The third kappa shape index (κ3) is 6.96. The molecule has 0 aliphatic carbocycles. The number of thioether (sulfide) groups is 1. The van der Waals surface area contributed by atoms with E-state index in [0.29, 0.717) is 5.69 Å². The van der Waals surface area contributed by atoms with E-state index in [9.17, 15) is 9.59 Å². The molecule has 0 aromatic heterocycles. The molecule has 4 nitrogen and oxygen atoms in total. The lowest BCUT2D eigenvalue weighted by atomic mass is 10.1. The van der Waals surface area contributed by atoms with Gasteiger partial charge in [-0.15, -0.1) is 11.8 Å². The summed E-state index contributed by atoms with van der Waals surface area (Å²) in [7, 11) is 0. The molecule has 0 saturated carbocycles. The fourth-order valence-corrected chi connectivity index (χ4v) is 4.63. The van der Waals surface area contributed by atoms with E-state index < -0.39 is 5.25 Å². The lowest BCUT2D eigenvalue weighted by Crippen LogP contribution is -2.19. The van der Waals surface area contributed by atoms with Crippen LogP contribution in [0.3, 0.4) is 0 Å². The molecule has 36 heavy (non-hydrogen) atoms. The molecule has 0 spiro atoms. The highest BCUT2D eigenvalue weighted by molar-refractivity contribution is 8.00. The van der Waals surface area contributed by atoms with E-state index in [0.717, 1.165) is 27.3 Å². The smallest absolute Gasteiger partial charge is 0.248 e. The first kappa shape index (κ1) is 25.0. The number of amides is 2. The predicted octanol–water partition coefficient (Wildman–Crippen LogP) is 7.43. The van der Waals surface area contributed by atoms with E-state index in [4.69, 9.17) is 0 Å². The molecule has 2 N–H and O–H groups in total. The molecule has 5 heteroatoms. The van der Waals surface area contributed by atoms with Gasteiger partial charge in [-0.05, 0) is 78.6 Å². The van der Waals surface area contributed by atoms with Crippen LogP contribution in [0.1, 0.15) is 27.5 Å². The number of carbonyl (C=O) groups is 2. The summed E-state index contributed by atoms with van der Waals surface area (Å²) in [5.74, 6) is -0.285. The minimum Gasteiger partial charge on any atom is -0.325 e. The first-order valence-electron chi connectivity index (χ1n) is 11.7. The summed E-state index contributed by atoms with van der Waals surface area (Å²) in [6, 6.07) is 32.9. The molecule has 0 heterocycles. The molecule has 2 amide bonds. The summed E-state index contributed by atoms with van der Waals surface area (Å²) < 4.78 is 0. The second kappa shape index (κ2) is 12.0. The van der Waals surface area contributed by atoms with Gasteiger partial charge in [-0.3, -0.25) is 9.59 Å². The van der Waals surface area contributed by atoms with Crippen molar-refractivity contribution in [1.29, 1.82) is 0 Å². The van der Waals surface area contributed by atoms with E-state index in [2.05, 4.69) is 17.6 Å². The van der Waals surface area contributed by atoms with Gasteiger partial charge in [0.2, 0.25) is 11.8 Å². The zero-order valence-corrected chi connectivity index (χ0v) is 21.1. The number of anilines is 2. The minimum atomic E-state index is -0.429. The van der Waals surface area contributed by atoms with Gasteiger partial charge in [0.25, 0.3) is 0 Å². The normalized spacial score (nSPS) is 11.7. The first-order chi connectivity index (χ1) is 17.5. The van der Waals surface area contributed by atoms with Gasteiger partial charge in [-0.2, -0.15) is 0 Å². The average Bonchev–Trinajstić information content (AvgIpc) is 2.90. The average molecular weight is 493 g/mol. The first-order valence-corrected chi connectivity index (χ1v) is 12.6. The number of benzene rings is 4. The number of hydrogen-bond acceptors (Lipinski definition) is 3. The molecule has 0 aliphatic heterocycles. The summed E-state index contributed by atoms with van der Waals surface area (Å²) >= 11 is 1.47. The van der Waals surface area contributed by atoms with Crippen molar-refractivity contribution >= 4 is 41.0 Å². The lowest BCUT2D eigenvalue weighted by molar-refractivity contribution is -0.116. The molecule has 0 radical (unpaired) electrons. The maximum Gasteiger partial charge on any atom is 0.248 e. The van der Waals surface area contributed by atoms with Crippen LogP contribution in [-0.4, -0.2) is 11.8 Å². The largest absolute Gasteiger partial charge is 0.325 e. The van der Waals surface area contributed by atoms with Crippen LogP contribution in [0.4, 0.5) is 11.4 Å². The fraction of sp³-hybridized carbons (Fsp3) is 0.0968. The van der Waals surface area contributed by atoms with Crippen LogP contribution in [0, 0.1) is 13.8 Å². The Labute approximate surface area is 216 Å². The molecule has 1 unspecified atom stereocenters. The summed E-state index contributed by atoms with van der Waals surface area (Å²) in [4.78, 5) is 26.5. The summed E-state index contributed by atoms with van der Waals surface area (Å²) in [5.41, 5.74) is 5.68. The molecule has 1 atom stereocenters. The van der Waals surface area contributed by atoms with Crippen LogP contribution >= 0.6 is 11.8 Å². The lowest BCUT2D eigenvalue weighted by Gasteiger charge is -2.18. The number of hydrogen-bond donors (Lipinski definition) is 2. The van der Waals surface area contributed by atoms with Gasteiger partial charge in [0.1, 0.15) is 5.25 Å². The van der Waals surface area contributed by atoms with Crippen molar-refractivity contribution in [3.05, 3.63) is 131 Å². The Hall–Kier alpha value is -4.09. The zero-order chi connectivity index (χ0) is 25.3. The Morgan fingerprint density at radius 3 is 2.03 bits per heavy atom. The third-order valence-corrected chi connectivity index (χ3v) is 6.98. The minimum absolute atomic E-state index is 0.0853. The van der Waals surface area contributed by atoms with E-state index in [1.807, 2.05) is 110 Å². The summed E-state index contributed by atoms with van der Waals surface area (Å²) in [6.07, 6.45) is 3.29. The quantitative estimate of drug-likeness (QED) is 0.199.